The molecule has 1 aromatic carbocycles. The second-order valence-electron chi connectivity index (χ2n) is 7.46. The van der Waals surface area contributed by atoms with Crippen molar-refractivity contribution in [1.82, 2.24) is 9.97 Å². The first kappa shape index (κ1) is 18.9. The second kappa shape index (κ2) is 7.21. The summed E-state index contributed by atoms with van der Waals surface area (Å²) >= 11 is 6.17. The van der Waals surface area contributed by atoms with Crippen LogP contribution in [0, 0.1) is 0 Å². The Bertz CT molecular complexity index is 1060. The first-order chi connectivity index (χ1) is 13.3. The van der Waals surface area contributed by atoms with Gasteiger partial charge >= 0.3 is 0 Å². The predicted octanol–water partition coefficient (Wildman–Crippen LogP) is 5.63. The number of ketones is 1. The summed E-state index contributed by atoms with van der Waals surface area (Å²) in [6.07, 6.45) is 5.58. The average Bonchev–Trinajstić information content (AvgIpc) is 3.45. The minimum atomic E-state index is -3.03. The Hall–Kier alpha value is -2.40. The Morgan fingerprint density at radius 1 is 1.18 bits per heavy atom. The highest BCUT2D eigenvalue weighted by atomic mass is 35.5. The van der Waals surface area contributed by atoms with Gasteiger partial charge in [-0.05, 0) is 65.8 Å². The SMILES string of the molecule is CC(F)(F)c1cc(CC(=O)Cc2cnc3ccc(Cl)cc3c2C2CC2)ccn1. The molecule has 4 rings (SSSR count). The molecule has 0 bridgehead atoms. The number of carbonyl (C=O) groups is 1. The Balaban J connectivity index is 1.60. The standard InChI is InChI=1S/C22H19ClF2N2O/c1-22(24,25)20-9-13(6-7-26-20)8-17(28)10-15-12-27-19-5-4-16(23)11-18(19)21(15)14-2-3-14/h4-7,9,11-12,14H,2-3,8,10H2,1H3. The first-order valence-corrected chi connectivity index (χ1v) is 9.61. The maximum absolute atomic E-state index is 13.5. The van der Waals surface area contributed by atoms with Gasteiger partial charge in [0.25, 0.3) is 5.92 Å². The number of carbonyl (C=O) groups excluding carboxylic acids is 1. The number of nitrogens with zero attached hydrogens (tertiary/aromatic N) is 2. The molecule has 0 aliphatic heterocycles. The predicted molar refractivity (Wildman–Crippen MR) is 105 cm³/mol. The van der Waals surface area contributed by atoms with Crippen LogP contribution in [0.4, 0.5) is 8.78 Å². The van der Waals surface area contributed by atoms with Crippen molar-refractivity contribution < 1.29 is 13.6 Å². The summed E-state index contributed by atoms with van der Waals surface area (Å²) in [5.74, 6) is -2.64. The molecule has 2 heterocycles. The van der Waals surface area contributed by atoms with E-state index in [9.17, 15) is 13.6 Å². The summed E-state index contributed by atoms with van der Waals surface area (Å²) in [4.78, 5) is 20.9. The van der Waals surface area contributed by atoms with Gasteiger partial charge in [-0.2, -0.15) is 8.78 Å². The zero-order valence-corrected chi connectivity index (χ0v) is 16.1. The lowest BCUT2D eigenvalue weighted by Crippen LogP contribution is -2.12. The van der Waals surface area contributed by atoms with Crippen LogP contribution in [0.5, 0.6) is 0 Å². The van der Waals surface area contributed by atoms with Crippen LogP contribution >= 0.6 is 11.6 Å². The molecule has 0 spiro atoms. The smallest absolute Gasteiger partial charge is 0.286 e. The molecule has 6 heteroatoms. The fourth-order valence-corrected chi connectivity index (χ4v) is 3.72. The minimum Gasteiger partial charge on any atom is -0.299 e. The Morgan fingerprint density at radius 2 is 1.96 bits per heavy atom. The lowest BCUT2D eigenvalue weighted by atomic mass is 9.94. The molecule has 0 amide bonds. The van der Waals surface area contributed by atoms with Crippen LogP contribution in [0.1, 0.15) is 48.1 Å². The van der Waals surface area contributed by atoms with Crippen molar-refractivity contribution in [2.24, 2.45) is 0 Å². The summed E-state index contributed by atoms with van der Waals surface area (Å²) < 4.78 is 27.0. The largest absolute Gasteiger partial charge is 0.299 e. The summed E-state index contributed by atoms with van der Waals surface area (Å²) in [5, 5.41) is 1.64. The second-order valence-corrected chi connectivity index (χ2v) is 7.90. The number of hydrogen-bond acceptors (Lipinski definition) is 3. The molecule has 0 unspecified atom stereocenters. The molecule has 0 N–H and O–H groups in total. The van der Waals surface area contributed by atoms with E-state index in [2.05, 4.69) is 9.97 Å². The molecule has 1 aliphatic carbocycles. The summed E-state index contributed by atoms with van der Waals surface area (Å²) in [5.41, 5.74) is 3.14. The van der Waals surface area contributed by atoms with Crippen LogP contribution in [-0.2, 0) is 23.6 Å². The molecule has 2 aromatic heterocycles. The highest BCUT2D eigenvalue weighted by molar-refractivity contribution is 6.31. The molecule has 3 aromatic rings. The number of hydrogen-bond donors (Lipinski definition) is 0. The fourth-order valence-electron chi connectivity index (χ4n) is 3.55. The molecule has 1 fully saturated rings. The third kappa shape index (κ3) is 4.04. The monoisotopic (exact) mass is 400 g/mol. The molecular weight excluding hydrogens is 382 g/mol. The molecule has 144 valence electrons. The van der Waals surface area contributed by atoms with Gasteiger partial charge in [0, 0.05) is 42.6 Å². The van der Waals surface area contributed by atoms with E-state index in [-0.39, 0.29) is 24.3 Å². The van der Waals surface area contributed by atoms with Gasteiger partial charge in [0.2, 0.25) is 0 Å². The zero-order chi connectivity index (χ0) is 19.9. The molecule has 0 saturated heterocycles. The number of alkyl halides is 2. The van der Waals surface area contributed by atoms with Crippen LogP contribution in [0.2, 0.25) is 5.02 Å². The van der Waals surface area contributed by atoms with Crippen LogP contribution in [0.25, 0.3) is 10.9 Å². The van der Waals surface area contributed by atoms with Crippen molar-refractivity contribution in [2.45, 2.75) is 44.4 Å². The zero-order valence-electron chi connectivity index (χ0n) is 15.4. The fraction of sp³-hybridized carbons (Fsp3) is 0.318. The molecule has 0 radical (unpaired) electrons. The quantitative estimate of drug-likeness (QED) is 0.538. The van der Waals surface area contributed by atoms with Crippen LogP contribution in [0.3, 0.4) is 0 Å². The maximum atomic E-state index is 13.5. The lowest BCUT2D eigenvalue weighted by Gasteiger charge is -2.13. The van der Waals surface area contributed by atoms with Crippen molar-refractivity contribution >= 4 is 28.3 Å². The van der Waals surface area contributed by atoms with Crippen LogP contribution in [-0.4, -0.2) is 15.8 Å². The van der Waals surface area contributed by atoms with Crippen molar-refractivity contribution in [2.75, 3.05) is 0 Å². The van der Waals surface area contributed by atoms with Gasteiger partial charge in [-0.15, -0.1) is 0 Å². The normalized spacial score (nSPS) is 14.4. The molecule has 0 atom stereocenters. The van der Waals surface area contributed by atoms with E-state index < -0.39 is 5.92 Å². The van der Waals surface area contributed by atoms with E-state index in [1.54, 1.807) is 12.3 Å². The van der Waals surface area contributed by atoms with E-state index in [1.807, 2.05) is 18.2 Å². The molecule has 1 saturated carbocycles. The van der Waals surface area contributed by atoms with E-state index in [0.717, 1.165) is 41.8 Å². The van der Waals surface area contributed by atoms with Crippen LogP contribution < -0.4 is 0 Å². The van der Waals surface area contributed by atoms with E-state index >= 15 is 0 Å². The number of benzene rings is 1. The van der Waals surface area contributed by atoms with E-state index in [1.165, 1.54) is 12.3 Å². The first-order valence-electron chi connectivity index (χ1n) is 9.23. The van der Waals surface area contributed by atoms with Gasteiger partial charge in [0.15, 0.2) is 0 Å². The van der Waals surface area contributed by atoms with Gasteiger partial charge < -0.3 is 0 Å². The van der Waals surface area contributed by atoms with Crippen molar-refractivity contribution in [3.8, 4) is 0 Å². The maximum Gasteiger partial charge on any atom is 0.286 e. The number of halogens is 3. The molecule has 1 aliphatic rings. The van der Waals surface area contributed by atoms with Gasteiger partial charge in [-0.3, -0.25) is 14.8 Å². The highest BCUT2D eigenvalue weighted by Crippen LogP contribution is 2.45. The summed E-state index contributed by atoms with van der Waals surface area (Å²) in [6, 6.07) is 8.51. The third-order valence-corrected chi connectivity index (χ3v) is 5.24. The Kier molecular flexibility index (Phi) is 4.88. The Morgan fingerprint density at radius 3 is 2.68 bits per heavy atom. The number of pyridine rings is 2. The number of aromatic nitrogens is 2. The number of fused-ring (bicyclic) bond motifs is 1. The highest BCUT2D eigenvalue weighted by Gasteiger charge is 2.29. The summed E-state index contributed by atoms with van der Waals surface area (Å²) in [7, 11) is 0. The minimum absolute atomic E-state index is 0.0401. The van der Waals surface area contributed by atoms with E-state index in [0.29, 0.717) is 16.5 Å². The molecular formula is C22H19ClF2N2O. The lowest BCUT2D eigenvalue weighted by molar-refractivity contribution is -0.117. The van der Waals surface area contributed by atoms with Gasteiger partial charge in [-0.25, -0.2) is 0 Å². The van der Waals surface area contributed by atoms with E-state index in [4.69, 9.17) is 11.6 Å². The number of Topliss-reactive ketones (excluding diaryl/α,β-unsaturated/α-hetero) is 1. The van der Waals surface area contributed by atoms with Gasteiger partial charge in [-0.1, -0.05) is 11.6 Å². The van der Waals surface area contributed by atoms with Crippen molar-refractivity contribution in [3.05, 3.63) is 70.1 Å². The Labute approximate surface area is 166 Å². The summed E-state index contributed by atoms with van der Waals surface area (Å²) in [6.45, 7) is 0.800. The van der Waals surface area contributed by atoms with Gasteiger partial charge in [0.05, 0.1) is 5.52 Å². The van der Waals surface area contributed by atoms with Gasteiger partial charge in [0.1, 0.15) is 11.5 Å². The topological polar surface area (TPSA) is 42.9 Å². The van der Waals surface area contributed by atoms with Crippen LogP contribution in [0.15, 0.2) is 42.7 Å². The third-order valence-electron chi connectivity index (χ3n) is 5.00. The van der Waals surface area contributed by atoms with Crippen molar-refractivity contribution in [1.29, 1.82) is 0 Å². The average molecular weight is 401 g/mol. The number of rotatable bonds is 6. The van der Waals surface area contributed by atoms with Crippen molar-refractivity contribution in [3.63, 3.8) is 0 Å². The molecule has 3 nitrogen and oxygen atoms in total. The molecule has 28 heavy (non-hydrogen) atoms.